The van der Waals surface area contributed by atoms with Gasteiger partial charge in [-0.25, -0.2) is 13.1 Å². The number of sulfonamides is 1. The van der Waals surface area contributed by atoms with E-state index in [1.54, 1.807) is 23.9 Å². The zero-order valence-electron chi connectivity index (χ0n) is 10.9. The number of nitrogen functional groups attached to an aromatic ring is 1. The first-order valence-electron chi connectivity index (χ1n) is 5.77. The van der Waals surface area contributed by atoms with Crippen molar-refractivity contribution in [2.75, 3.05) is 17.7 Å². The van der Waals surface area contributed by atoms with Gasteiger partial charge in [0.1, 0.15) is 0 Å². The Hall–Kier alpha value is -0.720. The van der Waals surface area contributed by atoms with Crippen LogP contribution >= 0.6 is 11.8 Å². The van der Waals surface area contributed by atoms with Gasteiger partial charge in [0.05, 0.1) is 4.90 Å². The highest BCUT2D eigenvalue weighted by Gasteiger charge is 2.19. The van der Waals surface area contributed by atoms with Gasteiger partial charge in [-0.1, -0.05) is 6.92 Å². The van der Waals surface area contributed by atoms with Crippen LogP contribution < -0.4 is 10.5 Å². The maximum absolute atomic E-state index is 12.2. The maximum Gasteiger partial charge on any atom is 0.240 e. The minimum Gasteiger partial charge on any atom is -0.399 e. The third kappa shape index (κ3) is 4.19. The highest BCUT2D eigenvalue weighted by molar-refractivity contribution is 7.98. The fourth-order valence-corrected chi connectivity index (χ4v) is 3.94. The molecule has 0 saturated carbocycles. The molecule has 3 N–H and O–H groups in total. The van der Waals surface area contributed by atoms with E-state index in [2.05, 4.69) is 4.72 Å². The third-order valence-electron chi connectivity index (χ3n) is 2.57. The van der Waals surface area contributed by atoms with Crippen LogP contribution in [0.1, 0.15) is 18.9 Å². The number of hydrogen-bond donors (Lipinski definition) is 2. The van der Waals surface area contributed by atoms with Gasteiger partial charge in [0.2, 0.25) is 10.0 Å². The quantitative estimate of drug-likeness (QED) is 0.785. The van der Waals surface area contributed by atoms with Gasteiger partial charge < -0.3 is 5.73 Å². The molecule has 0 spiro atoms. The summed E-state index contributed by atoms with van der Waals surface area (Å²) in [5.74, 6) is 0.761. The Bertz CT molecular complexity index is 481. The van der Waals surface area contributed by atoms with Crippen LogP contribution in [0.2, 0.25) is 0 Å². The van der Waals surface area contributed by atoms with Crippen LogP contribution in [0.15, 0.2) is 23.1 Å². The van der Waals surface area contributed by atoms with Gasteiger partial charge in [0.15, 0.2) is 0 Å². The second-order valence-electron chi connectivity index (χ2n) is 4.26. The first-order chi connectivity index (χ1) is 8.39. The van der Waals surface area contributed by atoms with Crippen molar-refractivity contribution in [2.45, 2.75) is 31.2 Å². The highest BCUT2D eigenvalue weighted by atomic mass is 32.2. The summed E-state index contributed by atoms with van der Waals surface area (Å²) in [6, 6.07) is 4.82. The number of rotatable bonds is 6. The minimum absolute atomic E-state index is 0.0493. The number of hydrogen-bond acceptors (Lipinski definition) is 4. The molecule has 0 fully saturated rings. The predicted octanol–water partition coefficient (Wildman–Crippen LogP) is 2.00. The number of benzene rings is 1. The van der Waals surface area contributed by atoms with E-state index >= 15 is 0 Å². The average Bonchev–Trinajstić information content (AvgIpc) is 2.27. The Kier molecular flexibility index (Phi) is 5.49. The molecule has 1 aromatic carbocycles. The Morgan fingerprint density at radius 3 is 2.56 bits per heavy atom. The fraction of sp³-hybridized carbons (Fsp3) is 0.500. The molecular weight excluding hydrogens is 268 g/mol. The van der Waals surface area contributed by atoms with Gasteiger partial charge in [-0.05, 0) is 43.4 Å². The van der Waals surface area contributed by atoms with Crippen LogP contribution in [0.5, 0.6) is 0 Å². The van der Waals surface area contributed by atoms with Crippen LogP contribution in [0.25, 0.3) is 0 Å². The van der Waals surface area contributed by atoms with Crippen LogP contribution in [0.3, 0.4) is 0 Å². The number of thioether (sulfide) groups is 1. The second-order valence-corrected chi connectivity index (χ2v) is 6.89. The molecule has 0 bridgehead atoms. The molecule has 6 heteroatoms. The van der Waals surface area contributed by atoms with Gasteiger partial charge >= 0.3 is 0 Å². The largest absolute Gasteiger partial charge is 0.399 e. The molecule has 0 aliphatic carbocycles. The lowest BCUT2D eigenvalue weighted by Gasteiger charge is -2.16. The van der Waals surface area contributed by atoms with E-state index in [0.717, 1.165) is 17.7 Å². The summed E-state index contributed by atoms with van der Waals surface area (Å²) in [6.45, 7) is 3.79. The van der Waals surface area contributed by atoms with E-state index < -0.39 is 10.0 Å². The summed E-state index contributed by atoms with van der Waals surface area (Å²) in [6.07, 6.45) is 2.73. The molecular formula is C12H20N2O2S2. The summed E-state index contributed by atoms with van der Waals surface area (Å²) in [7, 11) is -3.48. The van der Waals surface area contributed by atoms with E-state index in [1.165, 1.54) is 6.07 Å². The van der Waals surface area contributed by atoms with E-state index in [-0.39, 0.29) is 10.9 Å². The Morgan fingerprint density at radius 1 is 1.39 bits per heavy atom. The molecule has 0 aliphatic heterocycles. The number of nitrogens with two attached hydrogens (primary N) is 1. The summed E-state index contributed by atoms with van der Waals surface area (Å²) in [5, 5.41) is 0. The van der Waals surface area contributed by atoms with Gasteiger partial charge in [-0.2, -0.15) is 11.8 Å². The molecule has 1 aromatic rings. The molecule has 4 nitrogen and oxygen atoms in total. The van der Waals surface area contributed by atoms with Crippen molar-refractivity contribution in [3.05, 3.63) is 23.8 Å². The van der Waals surface area contributed by atoms with E-state index in [9.17, 15) is 8.42 Å². The Labute approximate surface area is 113 Å². The molecule has 0 aromatic heterocycles. The summed E-state index contributed by atoms with van der Waals surface area (Å²) >= 11 is 1.62. The van der Waals surface area contributed by atoms with Gasteiger partial charge in [-0.15, -0.1) is 0 Å². The van der Waals surface area contributed by atoms with Crippen molar-refractivity contribution in [1.82, 2.24) is 4.72 Å². The Morgan fingerprint density at radius 2 is 2.06 bits per heavy atom. The number of nitrogens with one attached hydrogen (secondary N) is 1. The molecule has 1 atom stereocenters. The average molecular weight is 288 g/mol. The maximum atomic E-state index is 12.2. The van der Waals surface area contributed by atoms with Gasteiger partial charge in [0.25, 0.3) is 0 Å². The van der Waals surface area contributed by atoms with Crippen LogP contribution in [0, 0.1) is 6.92 Å². The number of anilines is 1. The van der Waals surface area contributed by atoms with E-state index in [4.69, 9.17) is 5.73 Å². The van der Waals surface area contributed by atoms with Crippen molar-refractivity contribution in [1.29, 1.82) is 0 Å². The van der Waals surface area contributed by atoms with Crippen LogP contribution in [-0.2, 0) is 10.0 Å². The summed E-state index contributed by atoms with van der Waals surface area (Å²) in [4.78, 5) is 0.236. The summed E-state index contributed by atoms with van der Waals surface area (Å²) < 4.78 is 27.1. The Balaban J connectivity index is 2.98. The monoisotopic (exact) mass is 288 g/mol. The zero-order chi connectivity index (χ0) is 13.8. The zero-order valence-corrected chi connectivity index (χ0v) is 12.6. The normalized spacial score (nSPS) is 13.5. The van der Waals surface area contributed by atoms with Crippen molar-refractivity contribution >= 4 is 27.5 Å². The predicted molar refractivity (Wildman–Crippen MR) is 78.4 cm³/mol. The molecule has 102 valence electrons. The summed E-state index contributed by atoms with van der Waals surface area (Å²) in [5.41, 5.74) is 6.99. The lowest BCUT2D eigenvalue weighted by atomic mass is 10.2. The van der Waals surface area contributed by atoms with E-state index in [0.29, 0.717) is 5.69 Å². The minimum atomic E-state index is -3.48. The lowest BCUT2D eigenvalue weighted by Crippen LogP contribution is -2.36. The van der Waals surface area contributed by atoms with Gasteiger partial charge in [-0.3, -0.25) is 0 Å². The number of aryl methyl sites for hydroxylation is 1. The second kappa shape index (κ2) is 6.45. The van der Waals surface area contributed by atoms with Crippen LogP contribution in [0.4, 0.5) is 5.69 Å². The molecule has 1 unspecified atom stereocenters. The van der Waals surface area contributed by atoms with Crippen molar-refractivity contribution in [3.63, 3.8) is 0 Å². The molecule has 0 saturated heterocycles. The molecule has 1 rings (SSSR count). The van der Waals surface area contributed by atoms with Crippen molar-refractivity contribution in [2.24, 2.45) is 0 Å². The molecule has 0 heterocycles. The smallest absolute Gasteiger partial charge is 0.240 e. The van der Waals surface area contributed by atoms with E-state index in [1.807, 2.05) is 20.1 Å². The first-order valence-corrected chi connectivity index (χ1v) is 8.65. The van der Waals surface area contributed by atoms with Crippen LogP contribution in [-0.4, -0.2) is 26.5 Å². The van der Waals surface area contributed by atoms with Crippen molar-refractivity contribution in [3.8, 4) is 0 Å². The first kappa shape index (κ1) is 15.3. The molecule has 18 heavy (non-hydrogen) atoms. The highest BCUT2D eigenvalue weighted by Crippen LogP contribution is 2.17. The van der Waals surface area contributed by atoms with Gasteiger partial charge in [0, 0.05) is 17.5 Å². The topological polar surface area (TPSA) is 72.2 Å². The third-order valence-corrected chi connectivity index (χ3v) is 4.80. The molecule has 0 amide bonds. The fourth-order valence-electron chi connectivity index (χ4n) is 1.66. The standard InChI is InChI=1S/C12H20N2O2S2/c1-4-11(8-17-3)14-18(15,16)12-6-9(2)5-10(13)7-12/h5-7,11,14H,4,8,13H2,1-3H3. The molecule has 0 aliphatic rings. The lowest BCUT2D eigenvalue weighted by molar-refractivity contribution is 0.558. The molecule has 0 radical (unpaired) electrons. The van der Waals surface area contributed by atoms with Crippen molar-refractivity contribution < 1.29 is 8.42 Å². The SMILES string of the molecule is CCC(CSC)NS(=O)(=O)c1cc(C)cc(N)c1.